The summed E-state index contributed by atoms with van der Waals surface area (Å²) in [5, 5.41) is 0.700. The van der Waals surface area contributed by atoms with Crippen LogP contribution in [0.4, 0.5) is 5.69 Å². The van der Waals surface area contributed by atoms with Crippen molar-refractivity contribution in [1.82, 2.24) is 14.5 Å². The SMILES string of the molecule is Nc1ccc2oc(SCCCn3ccnc3)nc2c1. The Bertz CT molecular complexity index is 662. The number of benzene rings is 1. The number of anilines is 1. The van der Waals surface area contributed by atoms with Gasteiger partial charge in [0.25, 0.3) is 5.22 Å². The second-order valence-corrected chi connectivity index (χ2v) is 5.26. The molecule has 3 rings (SSSR count). The van der Waals surface area contributed by atoms with Crippen molar-refractivity contribution < 1.29 is 4.42 Å². The standard InChI is InChI=1S/C13H14N4OS/c14-10-2-3-12-11(8-10)16-13(18-12)19-7-1-5-17-6-4-15-9-17/h2-4,6,8-9H,1,5,7,14H2. The number of thioether (sulfide) groups is 1. The van der Waals surface area contributed by atoms with Crippen LogP contribution in [0.3, 0.4) is 0 Å². The van der Waals surface area contributed by atoms with E-state index in [0.717, 1.165) is 29.8 Å². The Labute approximate surface area is 114 Å². The van der Waals surface area contributed by atoms with Gasteiger partial charge in [-0.2, -0.15) is 0 Å². The molecule has 0 atom stereocenters. The molecule has 0 spiro atoms. The fourth-order valence-corrected chi connectivity index (χ4v) is 2.57. The van der Waals surface area contributed by atoms with Crippen LogP contribution in [0.2, 0.25) is 0 Å². The first-order valence-electron chi connectivity index (χ1n) is 6.06. The molecule has 0 saturated carbocycles. The molecular formula is C13H14N4OS. The number of imidazole rings is 1. The third kappa shape index (κ3) is 2.90. The van der Waals surface area contributed by atoms with E-state index in [1.807, 2.05) is 30.7 Å². The minimum absolute atomic E-state index is 0.700. The highest BCUT2D eigenvalue weighted by atomic mass is 32.2. The van der Waals surface area contributed by atoms with Crippen LogP contribution >= 0.6 is 11.8 Å². The Morgan fingerprint density at radius 2 is 2.32 bits per heavy atom. The highest BCUT2D eigenvalue weighted by Gasteiger charge is 2.06. The van der Waals surface area contributed by atoms with E-state index >= 15 is 0 Å². The van der Waals surface area contributed by atoms with E-state index in [9.17, 15) is 0 Å². The highest BCUT2D eigenvalue weighted by molar-refractivity contribution is 7.99. The molecule has 2 N–H and O–H groups in total. The first-order chi connectivity index (χ1) is 9.31. The van der Waals surface area contributed by atoms with Crippen LogP contribution in [0.1, 0.15) is 6.42 Å². The molecule has 0 fully saturated rings. The summed E-state index contributed by atoms with van der Waals surface area (Å²) < 4.78 is 7.70. The lowest BCUT2D eigenvalue weighted by atomic mass is 10.3. The van der Waals surface area contributed by atoms with Crippen molar-refractivity contribution in [1.29, 1.82) is 0 Å². The fourth-order valence-electron chi connectivity index (χ4n) is 1.81. The minimum atomic E-state index is 0.700. The van der Waals surface area contributed by atoms with E-state index < -0.39 is 0 Å². The maximum absolute atomic E-state index is 5.71. The minimum Gasteiger partial charge on any atom is -0.431 e. The fraction of sp³-hybridized carbons (Fsp3) is 0.231. The van der Waals surface area contributed by atoms with Gasteiger partial charge in [-0.3, -0.25) is 0 Å². The Kier molecular flexibility index (Phi) is 3.41. The third-order valence-corrected chi connectivity index (χ3v) is 3.65. The molecule has 3 aromatic rings. The molecule has 0 aliphatic carbocycles. The Morgan fingerprint density at radius 1 is 1.37 bits per heavy atom. The maximum Gasteiger partial charge on any atom is 0.256 e. The van der Waals surface area contributed by atoms with Gasteiger partial charge in [-0.25, -0.2) is 9.97 Å². The molecule has 1 aromatic carbocycles. The van der Waals surface area contributed by atoms with Crippen molar-refractivity contribution in [3.05, 3.63) is 36.9 Å². The predicted octanol–water partition coefficient (Wildman–Crippen LogP) is 2.79. The number of nitrogen functional groups attached to an aromatic ring is 1. The highest BCUT2D eigenvalue weighted by Crippen LogP contribution is 2.25. The summed E-state index contributed by atoms with van der Waals surface area (Å²) in [4.78, 5) is 8.41. The normalized spacial score (nSPS) is 11.2. The van der Waals surface area contributed by atoms with E-state index in [0.29, 0.717) is 10.9 Å². The lowest BCUT2D eigenvalue weighted by Gasteiger charge is -1.99. The molecule has 5 nitrogen and oxygen atoms in total. The molecule has 98 valence electrons. The molecule has 2 heterocycles. The van der Waals surface area contributed by atoms with E-state index in [2.05, 4.69) is 14.5 Å². The number of hydrogen-bond donors (Lipinski definition) is 1. The number of nitrogens with zero attached hydrogens (tertiary/aromatic N) is 3. The second-order valence-electron chi connectivity index (χ2n) is 4.21. The van der Waals surface area contributed by atoms with Crippen molar-refractivity contribution in [2.75, 3.05) is 11.5 Å². The molecule has 0 unspecified atom stereocenters. The Morgan fingerprint density at radius 3 is 3.16 bits per heavy atom. The third-order valence-electron chi connectivity index (χ3n) is 2.74. The molecular weight excluding hydrogens is 260 g/mol. The van der Waals surface area contributed by atoms with Gasteiger partial charge in [0.2, 0.25) is 0 Å². The molecule has 0 bridgehead atoms. The topological polar surface area (TPSA) is 69.9 Å². The van der Waals surface area contributed by atoms with Crippen LogP contribution < -0.4 is 5.73 Å². The molecule has 2 aromatic heterocycles. The average molecular weight is 274 g/mol. The molecule has 6 heteroatoms. The predicted molar refractivity (Wildman–Crippen MR) is 76.0 cm³/mol. The van der Waals surface area contributed by atoms with Gasteiger partial charge < -0.3 is 14.7 Å². The van der Waals surface area contributed by atoms with E-state index in [4.69, 9.17) is 10.2 Å². The quantitative estimate of drug-likeness (QED) is 0.440. The second kappa shape index (κ2) is 5.36. The van der Waals surface area contributed by atoms with Gasteiger partial charge in [-0.05, 0) is 24.6 Å². The van der Waals surface area contributed by atoms with Crippen LogP contribution in [0, 0.1) is 0 Å². The zero-order chi connectivity index (χ0) is 13.1. The van der Waals surface area contributed by atoms with Crippen LogP contribution in [-0.2, 0) is 6.54 Å². The number of hydrogen-bond acceptors (Lipinski definition) is 5. The lowest BCUT2D eigenvalue weighted by Crippen LogP contribution is -1.95. The summed E-state index contributed by atoms with van der Waals surface area (Å²) in [7, 11) is 0. The van der Waals surface area contributed by atoms with Gasteiger partial charge >= 0.3 is 0 Å². The Hall–Kier alpha value is -1.95. The molecule has 0 aliphatic rings. The van der Waals surface area contributed by atoms with Gasteiger partial charge in [0.1, 0.15) is 5.52 Å². The van der Waals surface area contributed by atoms with Crippen molar-refractivity contribution in [2.45, 2.75) is 18.2 Å². The van der Waals surface area contributed by atoms with Crippen LogP contribution in [0.25, 0.3) is 11.1 Å². The van der Waals surface area contributed by atoms with Gasteiger partial charge in [0.05, 0.1) is 6.33 Å². The van der Waals surface area contributed by atoms with Crippen molar-refractivity contribution >= 4 is 28.5 Å². The van der Waals surface area contributed by atoms with E-state index in [1.54, 1.807) is 18.0 Å². The van der Waals surface area contributed by atoms with Gasteiger partial charge in [0.15, 0.2) is 5.58 Å². The first kappa shape index (κ1) is 12.1. The van der Waals surface area contributed by atoms with Crippen molar-refractivity contribution in [3.8, 4) is 0 Å². The number of rotatable bonds is 5. The number of fused-ring (bicyclic) bond motifs is 1. The summed E-state index contributed by atoms with van der Waals surface area (Å²) in [6.45, 7) is 0.959. The van der Waals surface area contributed by atoms with Crippen molar-refractivity contribution in [2.24, 2.45) is 0 Å². The first-order valence-corrected chi connectivity index (χ1v) is 7.04. The zero-order valence-corrected chi connectivity index (χ0v) is 11.1. The number of nitrogens with two attached hydrogens (primary N) is 1. The molecule has 0 saturated heterocycles. The van der Waals surface area contributed by atoms with Gasteiger partial charge in [0, 0.05) is 30.4 Å². The number of oxazole rings is 1. The zero-order valence-electron chi connectivity index (χ0n) is 10.3. The number of aromatic nitrogens is 3. The van der Waals surface area contributed by atoms with Crippen LogP contribution in [-0.4, -0.2) is 20.3 Å². The summed E-state index contributed by atoms with van der Waals surface area (Å²) >= 11 is 1.62. The molecule has 0 radical (unpaired) electrons. The summed E-state index contributed by atoms with van der Waals surface area (Å²) in [6.07, 6.45) is 6.63. The van der Waals surface area contributed by atoms with E-state index in [-0.39, 0.29) is 0 Å². The number of aryl methyl sites for hydroxylation is 1. The summed E-state index contributed by atoms with van der Waals surface area (Å²) in [5.41, 5.74) is 8.02. The van der Waals surface area contributed by atoms with E-state index in [1.165, 1.54) is 0 Å². The van der Waals surface area contributed by atoms with Gasteiger partial charge in [-0.15, -0.1) is 0 Å². The average Bonchev–Trinajstić information content (AvgIpc) is 3.02. The van der Waals surface area contributed by atoms with Crippen LogP contribution in [0.15, 0.2) is 46.6 Å². The maximum atomic E-state index is 5.71. The lowest BCUT2D eigenvalue weighted by molar-refractivity contribution is 0.489. The summed E-state index contributed by atoms with van der Waals surface area (Å²) in [6, 6.07) is 5.50. The Balaban J connectivity index is 1.56. The molecule has 0 amide bonds. The molecule has 19 heavy (non-hydrogen) atoms. The molecule has 0 aliphatic heterocycles. The smallest absolute Gasteiger partial charge is 0.256 e. The summed E-state index contributed by atoms with van der Waals surface area (Å²) in [5.74, 6) is 0.959. The van der Waals surface area contributed by atoms with Gasteiger partial charge in [-0.1, -0.05) is 11.8 Å². The van der Waals surface area contributed by atoms with Crippen molar-refractivity contribution in [3.63, 3.8) is 0 Å². The van der Waals surface area contributed by atoms with Crippen LogP contribution in [0.5, 0.6) is 0 Å². The monoisotopic (exact) mass is 274 g/mol. The largest absolute Gasteiger partial charge is 0.431 e.